The minimum Gasteiger partial charge on any atom is -0.480 e. The molecule has 0 fully saturated rings. The lowest BCUT2D eigenvalue weighted by molar-refractivity contribution is -0.141. The van der Waals surface area contributed by atoms with Gasteiger partial charge < -0.3 is 15.5 Å². The Morgan fingerprint density at radius 2 is 2.18 bits per heavy atom. The fourth-order valence-corrected chi connectivity index (χ4v) is 1.16. The molecule has 7 heteroatoms. The molecule has 0 aromatic carbocycles. The number of hydrogen-bond acceptors (Lipinski definition) is 4. The van der Waals surface area contributed by atoms with E-state index in [1.807, 2.05) is 0 Å². The lowest BCUT2D eigenvalue weighted by atomic mass is 10.1. The first-order chi connectivity index (χ1) is 7.91. The second kappa shape index (κ2) is 5.35. The van der Waals surface area contributed by atoms with Gasteiger partial charge in [-0.1, -0.05) is 0 Å². The standard InChI is InChI=1S/C10H11FN2O4/c1-5(14)8(10(16)17)13-9(15)6-2-3-12-7(11)4-6/h2-5,8,14H,1H3,(H,13,15)(H,16,17). The van der Waals surface area contributed by atoms with E-state index < -0.39 is 30.0 Å². The molecule has 6 nitrogen and oxygen atoms in total. The van der Waals surface area contributed by atoms with Crippen molar-refractivity contribution in [1.29, 1.82) is 0 Å². The highest BCUT2D eigenvalue weighted by Crippen LogP contribution is 2.02. The van der Waals surface area contributed by atoms with Crippen molar-refractivity contribution in [3.8, 4) is 0 Å². The summed E-state index contributed by atoms with van der Waals surface area (Å²) in [5.74, 6) is -3.01. The van der Waals surface area contributed by atoms with Crippen LogP contribution in [0.1, 0.15) is 17.3 Å². The van der Waals surface area contributed by atoms with Crippen LogP contribution in [0.3, 0.4) is 0 Å². The zero-order valence-corrected chi connectivity index (χ0v) is 8.92. The number of aliphatic hydroxyl groups is 1. The van der Waals surface area contributed by atoms with Gasteiger partial charge in [-0.2, -0.15) is 4.39 Å². The first-order valence-corrected chi connectivity index (χ1v) is 4.75. The molecule has 0 saturated carbocycles. The number of nitrogens with one attached hydrogen (secondary N) is 1. The van der Waals surface area contributed by atoms with Crippen LogP contribution in [0.4, 0.5) is 4.39 Å². The van der Waals surface area contributed by atoms with Crippen molar-refractivity contribution in [3.63, 3.8) is 0 Å². The summed E-state index contributed by atoms with van der Waals surface area (Å²) in [6.45, 7) is 1.23. The Kier molecular flexibility index (Phi) is 4.11. The van der Waals surface area contributed by atoms with Crippen molar-refractivity contribution in [1.82, 2.24) is 10.3 Å². The van der Waals surface area contributed by atoms with Gasteiger partial charge in [0.1, 0.15) is 0 Å². The van der Waals surface area contributed by atoms with Gasteiger partial charge in [-0.25, -0.2) is 9.78 Å². The summed E-state index contributed by atoms with van der Waals surface area (Å²) < 4.78 is 12.7. The number of rotatable bonds is 4. The van der Waals surface area contributed by atoms with Crippen LogP contribution in [0.5, 0.6) is 0 Å². The number of amides is 1. The molecule has 0 spiro atoms. The highest BCUT2D eigenvalue weighted by atomic mass is 19.1. The molecule has 2 unspecified atom stereocenters. The number of aliphatic hydroxyl groups excluding tert-OH is 1. The van der Waals surface area contributed by atoms with E-state index in [9.17, 15) is 14.0 Å². The molecule has 0 bridgehead atoms. The second-order valence-corrected chi connectivity index (χ2v) is 3.40. The lowest BCUT2D eigenvalue weighted by Gasteiger charge is -2.16. The molecule has 17 heavy (non-hydrogen) atoms. The molecular weight excluding hydrogens is 231 g/mol. The third kappa shape index (κ3) is 3.49. The van der Waals surface area contributed by atoms with Gasteiger partial charge in [-0.15, -0.1) is 0 Å². The molecule has 1 heterocycles. The molecule has 1 aromatic heterocycles. The SMILES string of the molecule is CC(O)C(NC(=O)c1ccnc(F)c1)C(=O)O. The Labute approximate surface area is 96.1 Å². The molecule has 92 valence electrons. The van der Waals surface area contributed by atoms with E-state index in [2.05, 4.69) is 10.3 Å². The molecule has 0 aliphatic heterocycles. The Balaban J connectivity index is 2.81. The van der Waals surface area contributed by atoms with Gasteiger partial charge in [0.05, 0.1) is 6.10 Å². The number of carbonyl (C=O) groups is 2. The van der Waals surface area contributed by atoms with Crippen LogP contribution in [0.15, 0.2) is 18.3 Å². The normalized spacial score (nSPS) is 13.8. The molecule has 0 aliphatic carbocycles. The molecule has 0 saturated heterocycles. The fourth-order valence-electron chi connectivity index (χ4n) is 1.16. The Bertz CT molecular complexity index is 436. The largest absolute Gasteiger partial charge is 0.480 e. The quantitative estimate of drug-likeness (QED) is 0.634. The Hall–Kier alpha value is -2.02. The van der Waals surface area contributed by atoms with Crippen molar-refractivity contribution in [3.05, 3.63) is 29.8 Å². The molecule has 0 aliphatic rings. The maximum atomic E-state index is 12.7. The van der Waals surface area contributed by atoms with Gasteiger partial charge in [0, 0.05) is 17.8 Å². The minimum absolute atomic E-state index is 0.0654. The first kappa shape index (κ1) is 13.0. The minimum atomic E-state index is -1.45. The summed E-state index contributed by atoms with van der Waals surface area (Å²) in [4.78, 5) is 25.5. The Morgan fingerprint density at radius 1 is 1.53 bits per heavy atom. The molecule has 1 amide bonds. The predicted octanol–water partition coefficient (Wildman–Crippen LogP) is -0.216. The number of hydrogen-bond donors (Lipinski definition) is 3. The smallest absolute Gasteiger partial charge is 0.328 e. The van der Waals surface area contributed by atoms with Crippen LogP contribution in [0.25, 0.3) is 0 Å². The van der Waals surface area contributed by atoms with Gasteiger partial charge >= 0.3 is 5.97 Å². The lowest BCUT2D eigenvalue weighted by Crippen LogP contribution is -2.47. The summed E-state index contributed by atoms with van der Waals surface area (Å²) in [5, 5.41) is 20.0. The summed E-state index contributed by atoms with van der Waals surface area (Å²) >= 11 is 0. The number of carbonyl (C=O) groups excluding carboxylic acids is 1. The molecule has 3 N–H and O–H groups in total. The van der Waals surface area contributed by atoms with Crippen molar-refractivity contribution in [2.45, 2.75) is 19.1 Å². The molecule has 0 radical (unpaired) electrons. The van der Waals surface area contributed by atoms with Crippen LogP contribution < -0.4 is 5.32 Å². The van der Waals surface area contributed by atoms with E-state index in [-0.39, 0.29) is 5.56 Å². The van der Waals surface area contributed by atoms with Crippen LogP contribution in [-0.2, 0) is 4.79 Å². The third-order valence-electron chi connectivity index (χ3n) is 2.02. The van der Waals surface area contributed by atoms with Gasteiger partial charge in [0.25, 0.3) is 5.91 Å². The molecule has 1 rings (SSSR count). The zero-order chi connectivity index (χ0) is 13.0. The number of carboxylic acid groups (broad SMARTS) is 1. The van der Waals surface area contributed by atoms with Crippen LogP contribution in [0, 0.1) is 5.95 Å². The molecule has 2 atom stereocenters. The second-order valence-electron chi connectivity index (χ2n) is 3.40. The Morgan fingerprint density at radius 3 is 2.65 bits per heavy atom. The summed E-state index contributed by atoms with van der Waals surface area (Å²) in [5.41, 5.74) is -0.0654. The zero-order valence-electron chi connectivity index (χ0n) is 8.92. The topological polar surface area (TPSA) is 99.5 Å². The molecule has 1 aromatic rings. The van der Waals surface area contributed by atoms with Crippen molar-refractivity contribution in [2.75, 3.05) is 0 Å². The summed E-state index contributed by atoms with van der Waals surface area (Å²) in [7, 11) is 0. The first-order valence-electron chi connectivity index (χ1n) is 4.75. The number of aromatic nitrogens is 1. The third-order valence-corrected chi connectivity index (χ3v) is 2.02. The summed E-state index contributed by atoms with van der Waals surface area (Å²) in [6, 6.07) is 0.661. The molecular formula is C10H11FN2O4. The number of pyridine rings is 1. The van der Waals surface area contributed by atoms with Gasteiger partial charge in [-0.3, -0.25) is 4.79 Å². The van der Waals surface area contributed by atoms with Crippen molar-refractivity contribution in [2.24, 2.45) is 0 Å². The van der Waals surface area contributed by atoms with Gasteiger partial charge in [0.15, 0.2) is 6.04 Å². The van der Waals surface area contributed by atoms with Crippen LogP contribution in [-0.4, -0.2) is 39.2 Å². The number of halogens is 1. The fraction of sp³-hybridized carbons (Fsp3) is 0.300. The van der Waals surface area contributed by atoms with Gasteiger partial charge in [-0.05, 0) is 13.0 Å². The van der Waals surface area contributed by atoms with Crippen LogP contribution >= 0.6 is 0 Å². The average Bonchev–Trinajstić information content (AvgIpc) is 2.24. The van der Waals surface area contributed by atoms with E-state index in [4.69, 9.17) is 10.2 Å². The average molecular weight is 242 g/mol. The maximum absolute atomic E-state index is 12.7. The summed E-state index contributed by atoms with van der Waals surface area (Å²) in [6.07, 6.45) is -0.175. The van der Waals surface area contributed by atoms with E-state index >= 15 is 0 Å². The van der Waals surface area contributed by atoms with Crippen LogP contribution in [0.2, 0.25) is 0 Å². The number of nitrogens with zero attached hydrogens (tertiary/aromatic N) is 1. The van der Waals surface area contributed by atoms with Crippen molar-refractivity contribution < 1.29 is 24.2 Å². The van der Waals surface area contributed by atoms with E-state index in [1.54, 1.807) is 0 Å². The predicted molar refractivity (Wildman–Crippen MR) is 54.8 cm³/mol. The highest BCUT2D eigenvalue weighted by Gasteiger charge is 2.25. The highest BCUT2D eigenvalue weighted by molar-refractivity contribution is 5.96. The van der Waals surface area contributed by atoms with E-state index in [0.29, 0.717) is 0 Å². The van der Waals surface area contributed by atoms with Gasteiger partial charge in [0.2, 0.25) is 5.95 Å². The van der Waals surface area contributed by atoms with E-state index in [1.165, 1.54) is 13.0 Å². The maximum Gasteiger partial charge on any atom is 0.328 e. The van der Waals surface area contributed by atoms with Crippen molar-refractivity contribution >= 4 is 11.9 Å². The monoisotopic (exact) mass is 242 g/mol. The number of carboxylic acids is 1. The van der Waals surface area contributed by atoms with E-state index in [0.717, 1.165) is 12.3 Å². The number of aliphatic carboxylic acids is 1.